The van der Waals surface area contributed by atoms with Gasteiger partial charge in [0, 0.05) is 17.3 Å². The predicted octanol–water partition coefficient (Wildman–Crippen LogP) is 0.134. The van der Waals surface area contributed by atoms with Crippen LogP contribution in [0.15, 0.2) is 36.4 Å². The minimum atomic E-state index is -1.45. The number of carboxylic acid groups (broad SMARTS) is 1. The second kappa shape index (κ2) is 5.60. The number of rotatable bonds is 4. The summed E-state index contributed by atoms with van der Waals surface area (Å²) in [5, 5.41) is 12.5. The fraction of sp³-hybridized carbons (Fsp3) is 0.0833. The summed E-state index contributed by atoms with van der Waals surface area (Å²) in [5.41, 5.74) is 0.886. The minimum absolute atomic E-state index is 0.119. The second-order valence-corrected chi connectivity index (χ2v) is 3.28. The van der Waals surface area contributed by atoms with Gasteiger partial charge in [0.1, 0.15) is 0 Å². The third-order valence-corrected chi connectivity index (χ3v) is 1.91. The van der Waals surface area contributed by atoms with Crippen molar-refractivity contribution in [2.24, 2.45) is 0 Å². The Labute approximate surface area is 97.8 Å². The number of anilines is 1. The van der Waals surface area contributed by atoms with E-state index in [0.29, 0.717) is 17.3 Å². The standard InChI is InChI=1S/C12H11NO4/c1-8(14)9-3-2-4-10(7-9)13-11(15)5-6-12(16)17/h2-7H,1H3,(H,13,15)(H,16,17)/p-1. The van der Waals surface area contributed by atoms with Crippen molar-refractivity contribution in [1.82, 2.24) is 0 Å². The lowest BCUT2D eigenvalue weighted by molar-refractivity contribution is -0.297. The first-order valence-corrected chi connectivity index (χ1v) is 4.80. The Morgan fingerprint density at radius 2 is 1.94 bits per heavy atom. The lowest BCUT2D eigenvalue weighted by atomic mass is 10.1. The molecule has 1 N–H and O–H groups in total. The highest BCUT2D eigenvalue weighted by Gasteiger charge is 2.02. The number of carboxylic acids is 1. The molecule has 0 aliphatic carbocycles. The average molecular weight is 232 g/mol. The van der Waals surface area contributed by atoms with Crippen LogP contribution in [0.4, 0.5) is 5.69 Å². The molecule has 5 nitrogen and oxygen atoms in total. The molecule has 0 bridgehead atoms. The Bertz CT molecular complexity index is 491. The predicted molar refractivity (Wildman–Crippen MR) is 59.2 cm³/mol. The summed E-state index contributed by atoms with van der Waals surface area (Å²) in [5.74, 6) is -2.17. The van der Waals surface area contributed by atoms with E-state index in [4.69, 9.17) is 0 Å². The molecule has 1 aromatic carbocycles. The molecule has 0 spiro atoms. The van der Waals surface area contributed by atoms with Crippen molar-refractivity contribution >= 4 is 23.3 Å². The molecule has 0 atom stereocenters. The van der Waals surface area contributed by atoms with E-state index in [9.17, 15) is 19.5 Å². The van der Waals surface area contributed by atoms with Gasteiger partial charge in [0.25, 0.3) is 0 Å². The number of hydrogen-bond donors (Lipinski definition) is 1. The van der Waals surface area contributed by atoms with Gasteiger partial charge >= 0.3 is 0 Å². The van der Waals surface area contributed by atoms with Crippen molar-refractivity contribution in [3.63, 3.8) is 0 Å². The maximum atomic E-state index is 11.2. The van der Waals surface area contributed by atoms with E-state index >= 15 is 0 Å². The molecule has 5 heteroatoms. The summed E-state index contributed by atoms with van der Waals surface area (Å²) in [6.07, 6.45) is 1.47. The first-order chi connectivity index (χ1) is 7.99. The van der Waals surface area contributed by atoms with Crippen molar-refractivity contribution in [2.75, 3.05) is 5.32 Å². The van der Waals surface area contributed by atoms with Crippen molar-refractivity contribution in [2.45, 2.75) is 6.92 Å². The molecule has 0 fully saturated rings. The Kier molecular flexibility index (Phi) is 4.16. The van der Waals surface area contributed by atoms with Crippen LogP contribution in [0.2, 0.25) is 0 Å². The van der Waals surface area contributed by atoms with E-state index in [1.165, 1.54) is 13.0 Å². The molecule has 88 valence electrons. The van der Waals surface area contributed by atoms with E-state index in [-0.39, 0.29) is 5.78 Å². The number of carbonyl (C=O) groups is 3. The molecule has 1 aromatic rings. The smallest absolute Gasteiger partial charge is 0.248 e. The number of Topliss-reactive ketones (excluding diaryl/α,β-unsaturated/α-hetero) is 1. The van der Waals surface area contributed by atoms with Crippen molar-refractivity contribution in [3.8, 4) is 0 Å². The molecule has 1 rings (SSSR count). The summed E-state index contributed by atoms with van der Waals surface area (Å²) < 4.78 is 0. The number of hydrogen-bond acceptors (Lipinski definition) is 4. The van der Waals surface area contributed by atoms with Crippen LogP contribution >= 0.6 is 0 Å². The molecule has 0 aromatic heterocycles. The SMILES string of the molecule is CC(=O)c1cccc(NC(=O)C=CC(=O)[O-])c1. The van der Waals surface area contributed by atoms with Crippen LogP contribution in [0.25, 0.3) is 0 Å². The fourth-order valence-electron chi connectivity index (χ4n) is 1.14. The Morgan fingerprint density at radius 3 is 2.53 bits per heavy atom. The summed E-state index contributed by atoms with van der Waals surface area (Å²) in [4.78, 5) is 32.4. The van der Waals surface area contributed by atoms with Crippen LogP contribution in [-0.2, 0) is 9.59 Å². The molecule has 1 amide bonds. The van der Waals surface area contributed by atoms with Gasteiger partial charge in [0.2, 0.25) is 5.91 Å². The molecule has 0 aliphatic heterocycles. The highest BCUT2D eigenvalue weighted by molar-refractivity contribution is 6.03. The topological polar surface area (TPSA) is 86.3 Å². The van der Waals surface area contributed by atoms with Crippen LogP contribution < -0.4 is 10.4 Å². The van der Waals surface area contributed by atoms with E-state index in [0.717, 1.165) is 6.08 Å². The Hall–Kier alpha value is -2.43. The van der Waals surface area contributed by atoms with Crippen LogP contribution in [0.1, 0.15) is 17.3 Å². The zero-order valence-electron chi connectivity index (χ0n) is 9.10. The van der Waals surface area contributed by atoms with Gasteiger partial charge in [-0.1, -0.05) is 12.1 Å². The highest BCUT2D eigenvalue weighted by Crippen LogP contribution is 2.11. The molecular weight excluding hydrogens is 222 g/mol. The van der Waals surface area contributed by atoms with Gasteiger partial charge in [0.05, 0.1) is 5.97 Å². The van der Waals surface area contributed by atoms with E-state index in [2.05, 4.69) is 5.32 Å². The van der Waals surface area contributed by atoms with Crippen molar-refractivity contribution in [1.29, 1.82) is 0 Å². The summed E-state index contributed by atoms with van der Waals surface area (Å²) >= 11 is 0. The molecule has 0 radical (unpaired) electrons. The number of aliphatic carboxylic acids is 1. The number of ketones is 1. The van der Waals surface area contributed by atoms with Crippen molar-refractivity contribution < 1.29 is 19.5 Å². The minimum Gasteiger partial charge on any atom is -0.545 e. The quantitative estimate of drug-likeness (QED) is 0.590. The first kappa shape index (κ1) is 12.6. The second-order valence-electron chi connectivity index (χ2n) is 3.28. The zero-order chi connectivity index (χ0) is 12.8. The Balaban J connectivity index is 2.75. The van der Waals surface area contributed by atoms with Gasteiger partial charge in [-0.2, -0.15) is 0 Å². The largest absolute Gasteiger partial charge is 0.545 e. The van der Waals surface area contributed by atoms with Crippen molar-refractivity contribution in [3.05, 3.63) is 42.0 Å². The third-order valence-electron chi connectivity index (χ3n) is 1.91. The van der Waals surface area contributed by atoms with Gasteiger partial charge in [0.15, 0.2) is 5.78 Å². The van der Waals surface area contributed by atoms with Crippen LogP contribution in [0.3, 0.4) is 0 Å². The maximum Gasteiger partial charge on any atom is 0.248 e. The van der Waals surface area contributed by atoms with Gasteiger partial charge in [-0.25, -0.2) is 0 Å². The number of nitrogens with one attached hydrogen (secondary N) is 1. The van der Waals surface area contributed by atoms with Gasteiger partial charge in [-0.3, -0.25) is 9.59 Å². The third kappa shape index (κ3) is 4.29. The normalized spacial score (nSPS) is 10.2. The molecule has 0 saturated heterocycles. The molecular formula is C12H10NO4-. The number of amides is 1. The van der Waals surface area contributed by atoms with Crippen LogP contribution in [0.5, 0.6) is 0 Å². The molecule has 0 unspecified atom stereocenters. The van der Waals surface area contributed by atoms with Gasteiger partial charge in [-0.15, -0.1) is 0 Å². The van der Waals surface area contributed by atoms with E-state index < -0.39 is 11.9 Å². The monoisotopic (exact) mass is 232 g/mol. The number of carbonyl (C=O) groups excluding carboxylic acids is 3. The highest BCUT2D eigenvalue weighted by atomic mass is 16.4. The summed E-state index contributed by atoms with van der Waals surface area (Å²) in [6.45, 7) is 1.41. The lowest BCUT2D eigenvalue weighted by Gasteiger charge is -2.03. The van der Waals surface area contributed by atoms with Crippen LogP contribution in [-0.4, -0.2) is 17.7 Å². The van der Waals surface area contributed by atoms with Crippen LogP contribution in [0, 0.1) is 0 Å². The van der Waals surface area contributed by atoms with E-state index in [1.807, 2.05) is 0 Å². The first-order valence-electron chi connectivity index (χ1n) is 4.80. The molecule has 0 aliphatic rings. The summed E-state index contributed by atoms with van der Waals surface area (Å²) in [6, 6.07) is 6.34. The fourth-order valence-corrected chi connectivity index (χ4v) is 1.14. The van der Waals surface area contributed by atoms with Gasteiger partial charge < -0.3 is 15.2 Å². The number of benzene rings is 1. The molecule has 17 heavy (non-hydrogen) atoms. The molecule has 0 saturated carbocycles. The van der Waals surface area contributed by atoms with Gasteiger partial charge in [-0.05, 0) is 25.1 Å². The summed E-state index contributed by atoms with van der Waals surface area (Å²) in [7, 11) is 0. The zero-order valence-corrected chi connectivity index (χ0v) is 9.10. The lowest BCUT2D eigenvalue weighted by Crippen LogP contribution is -2.20. The molecule has 0 heterocycles. The maximum absolute atomic E-state index is 11.2. The average Bonchev–Trinajstić information content (AvgIpc) is 2.26. The van der Waals surface area contributed by atoms with E-state index in [1.54, 1.807) is 18.2 Å². The Morgan fingerprint density at radius 1 is 1.24 bits per heavy atom.